The highest BCUT2D eigenvalue weighted by atomic mass is 16.2. The molecule has 1 saturated heterocycles. The SMILES string of the molecule is [N-]=[N+]=NCC1CC(=O)N(c2c3c(nc4c2CCC4)CCCC3)C1. The average molecular weight is 311 g/mol. The van der Waals surface area contributed by atoms with Crippen molar-refractivity contribution in [2.24, 2.45) is 11.0 Å². The fourth-order valence-corrected chi connectivity index (χ4v) is 4.32. The van der Waals surface area contributed by atoms with Crippen LogP contribution in [0.4, 0.5) is 5.69 Å². The summed E-state index contributed by atoms with van der Waals surface area (Å²) in [5, 5.41) is 3.67. The van der Waals surface area contributed by atoms with Gasteiger partial charge in [0.1, 0.15) is 0 Å². The fourth-order valence-electron chi connectivity index (χ4n) is 4.32. The second-order valence-electron chi connectivity index (χ2n) is 6.86. The molecule has 6 nitrogen and oxygen atoms in total. The fraction of sp³-hybridized carbons (Fsp3) is 0.647. The van der Waals surface area contributed by atoms with Gasteiger partial charge >= 0.3 is 0 Å². The van der Waals surface area contributed by atoms with Crippen molar-refractivity contribution in [3.8, 4) is 0 Å². The molecule has 120 valence electrons. The van der Waals surface area contributed by atoms with E-state index < -0.39 is 0 Å². The number of aromatic nitrogens is 1. The molecule has 1 aromatic rings. The van der Waals surface area contributed by atoms with E-state index in [-0.39, 0.29) is 11.8 Å². The van der Waals surface area contributed by atoms with Crippen LogP contribution >= 0.6 is 0 Å². The Morgan fingerprint density at radius 3 is 2.61 bits per heavy atom. The summed E-state index contributed by atoms with van der Waals surface area (Å²) < 4.78 is 0. The molecule has 0 saturated carbocycles. The predicted octanol–water partition coefficient (Wildman–Crippen LogP) is 3.11. The van der Waals surface area contributed by atoms with Gasteiger partial charge in [-0.05, 0) is 67.5 Å². The van der Waals surface area contributed by atoms with E-state index in [4.69, 9.17) is 10.5 Å². The number of amides is 1. The number of fused-ring (bicyclic) bond motifs is 2. The van der Waals surface area contributed by atoms with Crippen LogP contribution in [0.2, 0.25) is 0 Å². The number of anilines is 1. The lowest BCUT2D eigenvalue weighted by Crippen LogP contribution is -2.29. The number of hydrogen-bond donors (Lipinski definition) is 0. The zero-order valence-corrected chi connectivity index (χ0v) is 13.3. The Labute approximate surface area is 135 Å². The Morgan fingerprint density at radius 2 is 1.83 bits per heavy atom. The van der Waals surface area contributed by atoms with Gasteiger partial charge < -0.3 is 4.90 Å². The minimum absolute atomic E-state index is 0.142. The van der Waals surface area contributed by atoms with Crippen LogP contribution in [0.1, 0.15) is 48.2 Å². The normalized spacial score (nSPS) is 22.7. The number of carbonyl (C=O) groups is 1. The molecule has 0 radical (unpaired) electrons. The standard InChI is InChI=1S/C17H21N5O/c18-21-19-9-11-8-16(23)22(10-11)17-12-4-1-2-6-14(12)20-15-7-3-5-13(15)17/h11H,1-10H2. The summed E-state index contributed by atoms with van der Waals surface area (Å²) >= 11 is 0. The number of pyridine rings is 1. The van der Waals surface area contributed by atoms with E-state index in [1.54, 1.807) is 0 Å². The maximum Gasteiger partial charge on any atom is 0.227 e. The van der Waals surface area contributed by atoms with E-state index in [0.29, 0.717) is 19.5 Å². The Morgan fingerprint density at radius 1 is 1.13 bits per heavy atom. The van der Waals surface area contributed by atoms with Crippen molar-refractivity contribution in [3.05, 3.63) is 33.0 Å². The highest BCUT2D eigenvalue weighted by Gasteiger charge is 2.35. The van der Waals surface area contributed by atoms with Gasteiger partial charge in [-0.2, -0.15) is 0 Å². The van der Waals surface area contributed by atoms with Crippen molar-refractivity contribution in [3.63, 3.8) is 0 Å². The van der Waals surface area contributed by atoms with Gasteiger partial charge in [0.2, 0.25) is 5.91 Å². The second-order valence-corrected chi connectivity index (χ2v) is 6.86. The first-order valence-corrected chi connectivity index (χ1v) is 8.62. The molecular formula is C17H21N5O. The summed E-state index contributed by atoms with van der Waals surface area (Å²) in [7, 11) is 0. The van der Waals surface area contributed by atoms with Crippen LogP contribution in [0.5, 0.6) is 0 Å². The summed E-state index contributed by atoms with van der Waals surface area (Å²) in [5.74, 6) is 0.319. The third kappa shape index (κ3) is 2.47. The lowest BCUT2D eigenvalue weighted by molar-refractivity contribution is -0.117. The molecule has 6 heteroatoms. The molecule has 3 aliphatic rings. The lowest BCUT2D eigenvalue weighted by atomic mass is 9.91. The molecule has 1 atom stereocenters. The number of rotatable bonds is 3. The zero-order chi connectivity index (χ0) is 15.8. The molecule has 0 N–H and O–H groups in total. The summed E-state index contributed by atoms with van der Waals surface area (Å²) in [4.78, 5) is 22.3. The van der Waals surface area contributed by atoms with Crippen molar-refractivity contribution < 1.29 is 4.79 Å². The first-order valence-electron chi connectivity index (χ1n) is 8.62. The topological polar surface area (TPSA) is 82.0 Å². The Kier molecular flexibility index (Phi) is 3.69. The summed E-state index contributed by atoms with van der Waals surface area (Å²) in [6, 6.07) is 0. The number of nitrogens with zero attached hydrogens (tertiary/aromatic N) is 5. The van der Waals surface area contributed by atoms with Gasteiger partial charge in [0.25, 0.3) is 0 Å². The molecule has 0 aromatic carbocycles. The molecule has 1 amide bonds. The van der Waals surface area contributed by atoms with Gasteiger partial charge in [-0.1, -0.05) is 5.11 Å². The van der Waals surface area contributed by atoms with E-state index >= 15 is 0 Å². The smallest absolute Gasteiger partial charge is 0.227 e. The van der Waals surface area contributed by atoms with E-state index in [2.05, 4.69) is 10.0 Å². The number of aryl methyl sites for hydroxylation is 2. The van der Waals surface area contributed by atoms with Crippen LogP contribution in [-0.2, 0) is 30.5 Å². The third-order valence-electron chi connectivity index (χ3n) is 5.35. The van der Waals surface area contributed by atoms with Crippen molar-refractivity contribution in [2.45, 2.75) is 51.4 Å². The maximum absolute atomic E-state index is 12.6. The van der Waals surface area contributed by atoms with Gasteiger partial charge in [0.15, 0.2) is 0 Å². The molecule has 4 rings (SSSR count). The molecule has 1 aromatic heterocycles. The largest absolute Gasteiger partial charge is 0.311 e. The molecule has 0 spiro atoms. The minimum atomic E-state index is 0.142. The predicted molar refractivity (Wildman–Crippen MR) is 87.4 cm³/mol. The van der Waals surface area contributed by atoms with Crippen molar-refractivity contribution in [2.75, 3.05) is 18.0 Å². The molecule has 2 heterocycles. The molecule has 1 unspecified atom stereocenters. The maximum atomic E-state index is 12.6. The van der Waals surface area contributed by atoms with Gasteiger partial charge in [-0.3, -0.25) is 9.78 Å². The van der Waals surface area contributed by atoms with Crippen LogP contribution < -0.4 is 4.90 Å². The van der Waals surface area contributed by atoms with E-state index in [1.807, 2.05) is 4.90 Å². The van der Waals surface area contributed by atoms with Crippen LogP contribution in [-0.4, -0.2) is 24.0 Å². The number of carbonyl (C=O) groups excluding carboxylic acids is 1. The Bertz CT molecular complexity index is 707. The third-order valence-corrected chi connectivity index (χ3v) is 5.35. The minimum Gasteiger partial charge on any atom is -0.311 e. The summed E-state index contributed by atoms with van der Waals surface area (Å²) in [5.41, 5.74) is 14.7. The highest BCUT2D eigenvalue weighted by Crippen LogP contribution is 2.40. The van der Waals surface area contributed by atoms with Crippen LogP contribution in [0.15, 0.2) is 5.11 Å². The van der Waals surface area contributed by atoms with Gasteiger partial charge in [-0.15, -0.1) is 0 Å². The van der Waals surface area contributed by atoms with E-state index in [0.717, 1.165) is 32.1 Å². The first kappa shape index (κ1) is 14.5. The molecular weight excluding hydrogens is 290 g/mol. The van der Waals surface area contributed by atoms with Crippen molar-refractivity contribution in [1.82, 2.24) is 4.98 Å². The van der Waals surface area contributed by atoms with Gasteiger partial charge in [0, 0.05) is 35.8 Å². The van der Waals surface area contributed by atoms with Crippen LogP contribution in [0, 0.1) is 5.92 Å². The first-order chi connectivity index (χ1) is 11.3. The van der Waals surface area contributed by atoms with Crippen LogP contribution in [0.3, 0.4) is 0 Å². The molecule has 1 fully saturated rings. The molecule has 0 bridgehead atoms. The van der Waals surface area contributed by atoms with Crippen LogP contribution in [0.25, 0.3) is 10.4 Å². The van der Waals surface area contributed by atoms with Crippen molar-refractivity contribution >= 4 is 11.6 Å². The monoisotopic (exact) mass is 311 g/mol. The lowest BCUT2D eigenvalue weighted by Gasteiger charge is -2.27. The van der Waals surface area contributed by atoms with E-state index in [1.165, 1.54) is 41.0 Å². The number of azide groups is 1. The average Bonchev–Trinajstić information content (AvgIpc) is 3.17. The summed E-state index contributed by atoms with van der Waals surface area (Å²) in [6.45, 7) is 1.09. The van der Waals surface area contributed by atoms with Gasteiger partial charge in [0.05, 0.1) is 5.69 Å². The molecule has 2 aliphatic carbocycles. The van der Waals surface area contributed by atoms with Gasteiger partial charge in [-0.25, -0.2) is 0 Å². The zero-order valence-electron chi connectivity index (χ0n) is 13.3. The Balaban J connectivity index is 1.75. The Hall–Kier alpha value is -2.07. The van der Waals surface area contributed by atoms with Crippen molar-refractivity contribution in [1.29, 1.82) is 0 Å². The number of hydrogen-bond acceptors (Lipinski definition) is 3. The van der Waals surface area contributed by atoms with E-state index in [9.17, 15) is 4.79 Å². The summed E-state index contributed by atoms with van der Waals surface area (Å²) in [6.07, 6.45) is 8.18. The molecule has 23 heavy (non-hydrogen) atoms. The highest BCUT2D eigenvalue weighted by molar-refractivity contribution is 5.97. The second kappa shape index (κ2) is 5.85. The molecule has 1 aliphatic heterocycles. The quantitative estimate of drug-likeness (QED) is 0.488.